The van der Waals surface area contributed by atoms with E-state index in [0.29, 0.717) is 25.8 Å². The Bertz CT molecular complexity index is 557. The van der Waals surface area contributed by atoms with Gasteiger partial charge in [-0.2, -0.15) is 0 Å². The van der Waals surface area contributed by atoms with Crippen LogP contribution >= 0.6 is 0 Å². The van der Waals surface area contributed by atoms with Crippen molar-refractivity contribution in [3.05, 3.63) is 34.4 Å². The van der Waals surface area contributed by atoms with Crippen LogP contribution < -0.4 is 5.32 Å². The molecule has 120 valence electrons. The molecule has 1 saturated carbocycles. The number of rotatable bonds is 5. The molecule has 0 saturated heterocycles. The van der Waals surface area contributed by atoms with E-state index in [9.17, 15) is 9.59 Å². The summed E-state index contributed by atoms with van der Waals surface area (Å²) in [4.78, 5) is 23.1. The van der Waals surface area contributed by atoms with Gasteiger partial charge >= 0.3 is 5.97 Å². The van der Waals surface area contributed by atoms with E-state index in [-0.39, 0.29) is 17.7 Å². The number of benzene rings is 1. The van der Waals surface area contributed by atoms with Crippen LogP contribution in [0.5, 0.6) is 0 Å². The van der Waals surface area contributed by atoms with E-state index >= 15 is 0 Å². The van der Waals surface area contributed by atoms with Crippen LogP contribution in [0, 0.1) is 32.6 Å². The van der Waals surface area contributed by atoms with Gasteiger partial charge in [0.15, 0.2) is 0 Å². The Kier molecular flexibility index (Phi) is 5.22. The molecule has 0 unspecified atom stereocenters. The summed E-state index contributed by atoms with van der Waals surface area (Å²) in [5.41, 5.74) is 5.08. The van der Waals surface area contributed by atoms with Gasteiger partial charge in [0.2, 0.25) is 5.91 Å². The number of nitrogens with one attached hydrogen (secondary N) is 1. The van der Waals surface area contributed by atoms with E-state index in [1.165, 1.54) is 22.3 Å². The van der Waals surface area contributed by atoms with E-state index < -0.39 is 5.97 Å². The smallest absolute Gasteiger partial charge is 0.306 e. The lowest BCUT2D eigenvalue weighted by Gasteiger charge is -2.14. The molecule has 0 bridgehead atoms. The number of carbonyl (C=O) groups excluding carboxylic acids is 1. The summed E-state index contributed by atoms with van der Waals surface area (Å²) in [5, 5.41) is 12.0. The summed E-state index contributed by atoms with van der Waals surface area (Å²) >= 11 is 0. The molecule has 1 fully saturated rings. The quantitative estimate of drug-likeness (QED) is 0.879. The lowest BCUT2D eigenvalue weighted by molar-refractivity contribution is -0.141. The molecule has 1 amide bonds. The monoisotopic (exact) mass is 303 g/mol. The minimum atomic E-state index is -0.777. The molecule has 4 nitrogen and oxygen atoms in total. The average molecular weight is 303 g/mol. The van der Waals surface area contributed by atoms with Gasteiger partial charge < -0.3 is 10.4 Å². The molecular formula is C18H25NO3. The Morgan fingerprint density at radius 3 is 2.27 bits per heavy atom. The van der Waals surface area contributed by atoms with Crippen LogP contribution in [-0.2, 0) is 16.0 Å². The van der Waals surface area contributed by atoms with Crippen LogP contribution in [0.25, 0.3) is 0 Å². The molecule has 2 N–H and O–H groups in total. The molecular weight excluding hydrogens is 278 g/mol. The Morgan fingerprint density at radius 2 is 1.73 bits per heavy atom. The van der Waals surface area contributed by atoms with Crippen molar-refractivity contribution in [3.63, 3.8) is 0 Å². The minimum Gasteiger partial charge on any atom is -0.481 e. The Hall–Kier alpha value is -1.84. The highest BCUT2D eigenvalue weighted by Gasteiger charge is 2.33. The van der Waals surface area contributed by atoms with Gasteiger partial charge in [0.05, 0.1) is 5.92 Å². The topological polar surface area (TPSA) is 66.4 Å². The second-order valence-electron chi connectivity index (χ2n) is 6.46. The first kappa shape index (κ1) is 16.5. The van der Waals surface area contributed by atoms with Crippen LogP contribution in [0.4, 0.5) is 0 Å². The first-order chi connectivity index (χ1) is 10.4. The van der Waals surface area contributed by atoms with Crippen molar-refractivity contribution in [1.29, 1.82) is 0 Å². The van der Waals surface area contributed by atoms with Crippen LogP contribution in [0.1, 0.15) is 41.5 Å². The van der Waals surface area contributed by atoms with E-state index in [2.05, 4.69) is 38.2 Å². The SMILES string of the molecule is Cc1cc(C)c(CCNC(=O)[C@@H]2CC[C@H](C(=O)O)C2)c(C)c1. The third-order valence-corrected chi connectivity index (χ3v) is 4.67. The zero-order valence-electron chi connectivity index (χ0n) is 13.6. The van der Waals surface area contributed by atoms with Crippen molar-refractivity contribution in [2.45, 2.75) is 46.5 Å². The number of carbonyl (C=O) groups is 2. The third kappa shape index (κ3) is 3.87. The maximum Gasteiger partial charge on any atom is 0.306 e. The summed E-state index contributed by atoms with van der Waals surface area (Å²) < 4.78 is 0. The van der Waals surface area contributed by atoms with Crippen LogP contribution in [0.2, 0.25) is 0 Å². The molecule has 0 aliphatic heterocycles. The summed E-state index contributed by atoms with van der Waals surface area (Å²) in [6.07, 6.45) is 2.59. The van der Waals surface area contributed by atoms with Gasteiger partial charge in [0, 0.05) is 12.5 Å². The maximum atomic E-state index is 12.1. The van der Waals surface area contributed by atoms with Gasteiger partial charge in [-0.25, -0.2) is 0 Å². The molecule has 2 rings (SSSR count). The van der Waals surface area contributed by atoms with Gasteiger partial charge in [-0.1, -0.05) is 17.7 Å². The maximum absolute atomic E-state index is 12.1. The molecule has 1 aromatic carbocycles. The fourth-order valence-corrected chi connectivity index (χ4v) is 3.50. The summed E-state index contributed by atoms with van der Waals surface area (Å²) in [6, 6.07) is 4.33. The number of aliphatic carboxylic acids is 1. The number of carboxylic acids is 1. The highest BCUT2D eigenvalue weighted by Crippen LogP contribution is 2.31. The van der Waals surface area contributed by atoms with Crippen LogP contribution in [0.15, 0.2) is 12.1 Å². The molecule has 1 aromatic rings. The largest absolute Gasteiger partial charge is 0.481 e. The third-order valence-electron chi connectivity index (χ3n) is 4.67. The van der Waals surface area contributed by atoms with Crippen molar-refractivity contribution >= 4 is 11.9 Å². The molecule has 2 atom stereocenters. The lowest BCUT2D eigenvalue weighted by Crippen LogP contribution is -2.31. The molecule has 0 heterocycles. The van der Waals surface area contributed by atoms with E-state index in [4.69, 9.17) is 5.11 Å². The van der Waals surface area contributed by atoms with Gasteiger partial charge in [-0.15, -0.1) is 0 Å². The van der Waals surface area contributed by atoms with Crippen molar-refractivity contribution in [2.24, 2.45) is 11.8 Å². The minimum absolute atomic E-state index is 0.00571. The first-order valence-electron chi connectivity index (χ1n) is 7.95. The molecule has 0 spiro atoms. The van der Waals surface area contributed by atoms with E-state index in [0.717, 1.165) is 6.42 Å². The Morgan fingerprint density at radius 1 is 1.14 bits per heavy atom. The van der Waals surface area contributed by atoms with Crippen molar-refractivity contribution < 1.29 is 14.7 Å². The molecule has 0 radical (unpaired) electrons. The highest BCUT2D eigenvalue weighted by molar-refractivity contribution is 5.80. The lowest BCUT2D eigenvalue weighted by atomic mass is 9.97. The molecule has 0 aromatic heterocycles. The Balaban J connectivity index is 1.84. The number of aryl methyl sites for hydroxylation is 3. The molecule has 22 heavy (non-hydrogen) atoms. The number of carboxylic acid groups (broad SMARTS) is 1. The number of hydrogen-bond donors (Lipinski definition) is 2. The van der Waals surface area contributed by atoms with Crippen LogP contribution in [0.3, 0.4) is 0 Å². The van der Waals surface area contributed by atoms with Gasteiger partial charge in [0.1, 0.15) is 0 Å². The fourth-order valence-electron chi connectivity index (χ4n) is 3.50. The van der Waals surface area contributed by atoms with Gasteiger partial charge in [0.25, 0.3) is 0 Å². The second-order valence-corrected chi connectivity index (χ2v) is 6.46. The number of amides is 1. The number of hydrogen-bond acceptors (Lipinski definition) is 2. The first-order valence-corrected chi connectivity index (χ1v) is 7.95. The zero-order valence-corrected chi connectivity index (χ0v) is 13.6. The molecule has 1 aliphatic carbocycles. The van der Waals surface area contributed by atoms with E-state index in [1.807, 2.05) is 0 Å². The summed E-state index contributed by atoms with van der Waals surface area (Å²) in [5.74, 6) is -1.26. The second kappa shape index (κ2) is 6.95. The standard InChI is InChI=1S/C18H25NO3/c1-11-8-12(2)16(13(3)9-11)6-7-19-17(20)14-4-5-15(10-14)18(21)22/h8-9,14-15H,4-7,10H2,1-3H3,(H,19,20)(H,21,22)/t14-,15+/m1/s1. The van der Waals surface area contributed by atoms with Crippen molar-refractivity contribution in [1.82, 2.24) is 5.32 Å². The van der Waals surface area contributed by atoms with Gasteiger partial charge in [-0.3, -0.25) is 9.59 Å². The normalized spacial score (nSPS) is 20.9. The Labute approximate surface area is 131 Å². The zero-order chi connectivity index (χ0) is 16.3. The molecule has 4 heteroatoms. The fraction of sp³-hybridized carbons (Fsp3) is 0.556. The molecule has 1 aliphatic rings. The van der Waals surface area contributed by atoms with Gasteiger partial charge in [-0.05, 0) is 63.1 Å². The van der Waals surface area contributed by atoms with Crippen LogP contribution in [-0.4, -0.2) is 23.5 Å². The highest BCUT2D eigenvalue weighted by atomic mass is 16.4. The summed E-state index contributed by atoms with van der Waals surface area (Å²) in [6.45, 7) is 6.90. The van der Waals surface area contributed by atoms with Crippen molar-refractivity contribution in [2.75, 3.05) is 6.54 Å². The van der Waals surface area contributed by atoms with Crippen molar-refractivity contribution in [3.8, 4) is 0 Å². The van der Waals surface area contributed by atoms with E-state index in [1.54, 1.807) is 0 Å². The predicted molar refractivity (Wildman–Crippen MR) is 85.8 cm³/mol. The average Bonchev–Trinajstić information content (AvgIpc) is 2.91. The summed E-state index contributed by atoms with van der Waals surface area (Å²) in [7, 11) is 0. The predicted octanol–water partition coefficient (Wildman–Crippen LogP) is 2.77.